The van der Waals surface area contributed by atoms with Crippen LogP contribution in [0.15, 0.2) is 30.3 Å². The Kier molecular flexibility index (Phi) is 4.36. The van der Waals surface area contributed by atoms with Crippen molar-refractivity contribution in [2.75, 3.05) is 23.4 Å². The quantitative estimate of drug-likeness (QED) is 0.862. The van der Waals surface area contributed by atoms with Crippen molar-refractivity contribution < 1.29 is 14.3 Å². The molecule has 0 spiro atoms. The number of nitrogens with zero attached hydrogens (tertiary/aromatic N) is 2. The maximum atomic E-state index is 12.5. The average Bonchev–Trinajstić information content (AvgIpc) is 3.22. The van der Waals surface area contributed by atoms with Crippen LogP contribution < -0.4 is 10.2 Å². The Morgan fingerprint density at radius 1 is 1.35 bits per heavy atom. The van der Waals surface area contributed by atoms with Crippen molar-refractivity contribution in [1.82, 2.24) is 10.2 Å². The van der Waals surface area contributed by atoms with Crippen LogP contribution in [-0.4, -0.2) is 35.3 Å². The Bertz CT molecular complexity index is 810. The molecule has 1 aliphatic heterocycles. The van der Waals surface area contributed by atoms with Crippen LogP contribution in [0.3, 0.4) is 0 Å². The van der Waals surface area contributed by atoms with Gasteiger partial charge in [0.25, 0.3) is 0 Å². The largest absolute Gasteiger partial charge is 0.447 e. The van der Waals surface area contributed by atoms with Gasteiger partial charge in [-0.05, 0) is 37.5 Å². The maximum Gasteiger partial charge on any atom is 0.414 e. The Morgan fingerprint density at radius 2 is 2.12 bits per heavy atom. The Balaban J connectivity index is 1.39. The molecule has 1 saturated heterocycles. The fraction of sp³-hybridized carbons (Fsp3) is 0.421. The van der Waals surface area contributed by atoms with E-state index in [4.69, 9.17) is 4.74 Å². The Hall–Kier alpha value is -2.83. The van der Waals surface area contributed by atoms with Gasteiger partial charge in [0.1, 0.15) is 6.61 Å². The summed E-state index contributed by atoms with van der Waals surface area (Å²) in [6.07, 6.45) is 3.30. The second-order valence-corrected chi connectivity index (χ2v) is 6.90. The van der Waals surface area contributed by atoms with Gasteiger partial charge in [-0.3, -0.25) is 14.8 Å². The number of H-pyrrole nitrogens is 1. The number of cyclic esters (lactones) is 1. The zero-order valence-corrected chi connectivity index (χ0v) is 14.7. The summed E-state index contributed by atoms with van der Waals surface area (Å²) < 4.78 is 4.95. The maximum absolute atomic E-state index is 12.5. The predicted octanol–water partition coefficient (Wildman–Crippen LogP) is 3.38. The van der Waals surface area contributed by atoms with E-state index < -0.39 is 0 Å². The lowest BCUT2D eigenvalue weighted by Gasteiger charge is -2.23. The van der Waals surface area contributed by atoms with Gasteiger partial charge in [-0.15, -0.1) is 0 Å². The number of carbonyl (C=O) groups is 2. The van der Waals surface area contributed by atoms with Crippen LogP contribution in [0.1, 0.15) is 49.3 Å². The number of aromatic nitrogens is 2. The summed E-state index contributed by atoms with van der Waals surface area (Å²) in [7, 11) is 0. The number of ether oxygens (including phenoxy) is 1. The predicted molar refractivity (Wildman–Crippen MR) is 97.4 cm³/mol. The number of benzene rings is 1. The van der Waals surface area contributed by atoms with Crippen LogP contribution >= 0.6 is 0 Å². The highest BCUT2D eigenvalue weighted by atomic mass is 16.6. The van der Waals surface area contributed by atoms with E-state index in [1.165, 1.54) is 19.3 Å². The molecule has 136 valence electrons. The van der Waals surface area contributed by atoms with E-state index in [0.717, 1.165) is 16.9 Å². The molecule has 4 rings (SSSR count). The molecule has 1 aliphatic carbocycles. The lowest BCUT2D eigenvalue weighted by Crippen LogP contribution is -2.23. The van der Waals surface area contributed by atoms with Crippen LogP contribution in [0, 0.1) is 0 Å². The number of hydrogen-bond acceptors (Lipinski definition) is 4. The number of rotatable bonds is 5. The third kappa shape index (κ3) is 3.16. The fourth-order valence-corrected chi connectivity index (χ4v) is 3.29. The zero-order chi connectivity index (χ0) is 18.1. The second kappa shape index (κ2) is 6.82. The fourth-order valence-electron chi connectivity index (χ4n) is 3.29. The lowest BCUT2D eigenvalue weighted by molar-refractivity contribution is -0.117. The summed E-state index contributed by atoms with van der Waals surface area (Å²) in [6, 6.07) is 9.35. The summed E-state index contributed by atoms with van der Waals surface area (Å²) >= 11 is 0. The molecule has 2 fully saturated rings. The molecular weight excluding hydrogens is 332 g/mol. The number of anilines is 2. The Morgan fingerprint density at radius 3 is 2.73 bits per heavy atom. The van der Waals surface area contributed by atoms with Crippen molar-refractivity contribution in [2.24, 2.45) is 0 Å². The van der Waals surface area contributed by atoms with Crippen molar-refractivity contribution in [3.63, 3.8) is 0 Å². The van der Waals surface area contributed by atoms with Gasteiger partial charge in [-0.2, -0.15) is 5.10 Å². The molecule has 1 atom stereocenters. The number of aromatic amines is 1. The SMILES string of the molecule is C[C@@H](C(=O)Nc1cc(C2CCC2)[nH]n1)c1ccc(N2CCOC2=O)cc1. The molecule has 2 N–H and O–H groups in total. The minimum atomic E-state index is -0.329. The first kappa shape index (κ1) is 16.6. The van der Waals surface area contributed by atoms with E-state index in [9.17, 15) is 9.59 Å². The first-order valence-electron chi connectivity index (χ1n) is 9.02. The van der Waals surface area contributed by atoms with E-state index >= 15 is 0 Å². The molecule has 2 aliphatic rings. The molecule has 1 aromatic heterocycles. The van der Waals surface area contributed by atoms with Gasteiger partial charge in [0.2, 0.25) is 5.91 Å². The standard InChI is InChI=1S/C19H22N4O3/c1-12(13-5-7-15(8-6-13)23-9-10-26-19(23)25)18(24)20-17-11-16(21-22-17)14-3-2-4-14/h5-8,11-12,14H,2-4,9-10H2,1H3,(H2,20,21,22,24)/t12-/m1/s1. The van der Waals surface area contributed by atoms with E-state index in [1.54, 1.807) is 4.90 Å². The van der Waals surface area contributed by atoms with Crippen LogP contribution in [0.5, 0.6) is 0 Å². The van der Waals surface area contributed by atoms with Gasteiger partial charge >= 0.3 is 6.09 Å². The monoisotopic (exact) mass is 354 g/mol. The van der Waals surface area contributed by atoms with Crippen LogP contribution in [-0.2, 0) is 9.53 Å². The molecule has 0 unspecified atom stereocenters. The summed E-state index contributed by atoms with van der Waals surface area (Å²) in [5.41, 5.74) is 2.76. The van der Waals surface area contributed by atoms with Gasteiger partial charge < -0.3 is 10.1 Å². The third-order valence-corrected chi connectivity index (χ3v) is 5.25. The Labute approximate surface area is 151 Å². The van der Waals surface area contributed by atoms with Crippen LogP contribution in [0.25, 0.3) is 0 Å². The molecule has 7 nitrogen and oxygen atoms in total. The minimum absolute atomic E-state index is 0.106. The van der Waals surface area contributed by atoms with Crippen LogP contribution in [0.4, 0.5) is 16.3 Å². The van der Waals surface area contributed by atoms with Gasteiger partial charge in [0, 0.05) is 23.4 Å². The normalized spacial score (nSPS) is 18.3. The van der Waals surface area contributed by atoms with Crippen molar-refractivity contribution in [3.8, 4) is 0 Å². The highest BCUT2D eigenvalue weighted by Crippen LogP contribution is 2.36. The van der Waals surface area contributed by atoms with E-state index in [0.29, 0.717) is 24.9 Å². The molecule has 0 bridgehead atoms. The second-order valence-electron chi connectivity index (χ2n) is 6.90. The molecule has 0 radical (unpaired) electrons. The molecule has 26 heavy (non-hydrogen) atoms. The van der Waals surface area contributed by atoms with E-state index in [1.807, 2.05) is 37.3 Å². The lowest BCUT2D eigenvalue weighted by atomic mass is 9.83. The molecule has 1 saturated carbocycles. The van der Waals surface area contributed by atoms with Gasteiger partial charge in [0.15, 0.2) is 5.82 Å². The van der Waals surface area contributed by atoms with Crippen molar-refractivity contribution in [3.05, 3.63) is 41.6 Å². The molecular formula is C19H22N4O3. The molecule has 7 heteroatoms. The van der Waals surface area contributed by atoms with E-state index in [2.05, 4.69) is 15.5 Å². The molecule has 2 heterocycles. The van der Waals surface area contributed by atoms with Crippen LogP contribution in [0.2, 0.25) is 0 Å². The third-order valence-electron chi connectivity index (χ3n) is 5.25. The summed E-state index contributed by atoms with van der Waals surface area (Å²) in [4.78, 5) is 25.7. The first-order valence-corrected chi connectivity index (χ1v) is 9.02. The number of nitrogens with one attached hydrogen (secondary N) is 2. The van der Waals surface area contributed by atoms with Gasteiger partial charge in [0.05, 0.1) is 12.5 Å². The topological polar surface area (TPSA) is 87.3 Å². The highest BCUT2D eigenvalue weighted by molar-refractivity contribution is 5.95. The first-order chi connectivity index (χ1) is 12.6. The molecule has 2 amide bonds. The van der Waals surface area contributed by atoms with Crippen molar-refractivity contribution >= 4 is 23.5 Å². The van der Waals surface area contributed by atoms with Gasteiger partial charge in [-0.1, -0.05) is 18.6 Å². The number of hydrogen-bond donors (Lipinski definition) is 2. The minimum Gasteiger partial charge on any atom is -0.447 e. The highest BCUT2D eigenvalue weighted by Gasteiger charge is 2.25. The van der Waals surface area contributed by atoms with E-state index in [-0.39, 0.29) is 17.9 Å². The zero-order valence-electron chi connectivity index (χ0n) is 14.7. The number of amides is 2. The summed E-state index contributed by atoms with van der Waals surface area (Å²) in [5.74, 6) is 0.694. The summed E-state index contributed by atoms with van der Waals surface area (Å²) in [6.45, 7) is 2.82. The molecule has 2 aromatic rings. The smallest absolute Gasteiger partial charge is 0.414 e. The van der Waals surface area contributed by atoms with Crippen molar-refractivity contribution in [1.29, 1.82) is 0 Å². The van der Waals surface area contributed by atoms with Crippen molar-refractivity contribution in [2.45, 2.75) is 38.0 Å². The molecule has 1 aromatic carbocycles. The summed E-state index contributed by atoms with van der Waals surface area (Å²) in [5, 5.41) is 10.1. The number of carbonyl (C=O) groups excluding carboxylic acids is 2. The average molecular weight is 354 g/mol. The van der Waals surface area contributed by atoms with Gasteiger partial charge in [-0.25, -0.2) is 4.79 Å².